The van der Waals surface area contributed by atoms with Crippen molar-refractivity contribution in [3.8, 4) is 0 Å². The van der Waals surface area contributed by atoms with Crippen molar-refractivity contribution in [1.29, 1.82) is 0 Å². The van der Waals surface area contributed by atoms with E-state index in [1.807, 2.05) is 0 Å². The largest absolute Gasteiger partial charge is 2.00 e. The van der Waals surface area contributed by atoms with Crippen LogP contribution in [0.5, 0.6) is 0 Å². The molecular weight excluding hydrogens is 143 g/mol. The van der Waals surface area contributed by atoms with Crippen molar-refractivity contribution in [3.05, 3.63) is 0 Å². The topological polar surface area (TPSA) is 40.1 Å². The van der Waals surface area contributed by atoms with Gasteiger partial charge in [-0.05, 0) is 6.92 Å². The third-order valence-corrected chi connectivity index (χ3v) is 0.775. The Balaban J connectivity index is 0. The van der Waals surface area contributed by atoms with Gasteiger partial charge in [0.25, 0.3) is 0 Å². The molecule has 0 fully saturated rings. The van der Waals surface area contributed by atoms with Gasteiger partial charge in [-0.3, -0.25) is 0 Å². The quantitative estimate of drug-likeness (QED) is 0.390. The average Bonchev–Trinajstić information content (AvgIpc) is 1.38. The summed E-state index contributed by atoms with van der Waals surface area (Å²) in [6, 6.07) is 0. The summed E-state index contributed by atoms with van der Waals surface area (Å²) in [4.78, 5) is 9.41. The van der Waals surface area contributed by atoms with Crippen molar-refractivity contribution in [3.63, 3.8) is 0 Å². The maximum atomic E-state index is 9.41. The Morgan fingerprint density at radius 2 is 2.00 bits per heavy atom. The molecule has 0 aliphatic rings. The van der Waals surface area contributed by atoms with Crippen LogP contribution in [0, 0.1) is 0 Å². The van der Waals surface area contributed by atoms with Crippen molar-refractivity contribution in [2.75, 3.05) is 6.16 Å². The molecule has 0 saturated carbocycles. The Hall–Kier alpha value is 0.579. The molecule has 0 heterocycles. The smallest absolute Gasteiger partial charge is 0.596 e. The van der Waals surface area contributed by atoms with Gasteiger partial charge in [0.2, 0.25) is 0 Å². The standard InChI is InChI=1S/C2H5O2P.Fe/c1-2-5(3)4;/h2H2,1H3;/q;+2. The molecule has 0 N–H and O–H groups in total. The minimum atomic E-state index is -2.10. The molecule has 0 aromatic carbocycles. The maximum Gasteiger partial charge on any atom is 2.00 e. The van der Waals surface area contributed by atoms with Gasteiger partial charge in [-0.2, -0.15) is 0 Å². The summed E-state index contributed by atoms with van der Waals surface area (Å²) in [5, 5.41) is 0. The molecule has 0 aromatic rings. The zero-order valence-electron chi connectivity index (χ0n) is 3.32. The van der Waals surface area contributed by atoms with Crippen LogP contribution in [-0.4, -0.2) is 6.16 Å². The zero-order chi connectivity index (χ0) is 4.28. The first-order chi connectivity index (χ1) is 2.27. The minimum absolute atomic E-state index is 0. The molecule has 1 atom stereocenters. The van der Waals surface area contributed by atoms with Crippen LogP contribution in [0.2, 0.25) is 0 Å². The molecule has 6 heavy (non-hydrogen) atoms. The normalized spacial score (nSPS) is 9.33. The van der Waals surface area contributed by atoms with E-state index in [0.717, 1.165) is 0 Å². The molecule has 0 saturated heterocycles. The fraction of sp³-hybridized carbons (Fsp3) is 1.00. The second kappa shape index (κ2) is 5.58. The fourth-order valence-corrected chi connectivity index (χ4v) is 0. The van der Waals surface area contributed by atoms with E-state index in [-0.39, 0.29) is 23.2 Å². The van der Waals surface area contributed by atoms with Crippen molar-refractivity contribution >= 4 is 8.03 Å². The van der Waals surface area contributed by atoms with Crippen molar-refractivity contribution in [2.24, 2.45) is 0 Å². The van der Waals surface area contributed by atoms with E-state index < -0.39 is 8.03 Å². The van der Waals surface area contributed by atoms with Crippen LogP contribution in [0.3, 0.4) is 0 Å². The molecule has 0 spiro atoms. The third-order valence-electron chi connectivity index (χ3n) is 0.258. The average molecular weight is 148 g/mol. The van der Waals surface area contributed by atoms with Gasteiger partial charge in [-0.25, -0.2) is 0 Å². The first kappa shape index (κ1) is 9.77. The van der Waals surface area contributed by atoms with Crippen LogP contribution in [-0.2, 0) is 21.6 Å². The molecule has 0 aliphatic heterocycles. The summed E-state index contributed by atoms with van der Waals surface area (Å²) in [5.41, 5.74) is 0. The first-order valence-electron chi connectivity index (χ1n) is 1.39. The maximum absolute atomic E-state index is 9.41. The third kappa shape index (κ3) is 8.82. The summed E-state index contributed by atoms with van der Waals surface area (Å²) < 4.78 is 9.41. The molecule has 0 rings (SSSR count). The van der Waals surface area contributed by atoms with Crippen LogP contribution in [0.1, 0.15) is 6.92 Å². The van der Waals surface area contributed by atoms with E-state index in [1.165, 1.54) is 0 Å². The molecule has 0 radical (unpaired) electrons. The van der Waals surface area contributed by atoms with E-state index in [0.29, 0.717) is 0 Å². The predicted octanol–water partition coefficient (Wildman–Crippen LogP) is 0.106. The molecule has 4 heteroatoms. The number of hydrogen-bond acceptors (Lipinski definition) is 2. The van der Waals surface area contributed by atoms with Gasteiger partial charge in [0.05, 0.1) is 0 Å². The van der Waals surface area contributed by atoms with Crippen molar-refractivity contribution < 1.29 is 26.5 Å². The van der Waals surface area contributed by atoms with Crippen molar-refractivity contribution in [2.45, 2.75) is 6.92 Å². The molecular formula is C2H5FeO2P+2. The molecule has 0 aromatic heterocycles. The monoisotopic (exact) mass is 148 g/mol. The van der Waals surface area contributed by atoms with Crippen LogP contribution >= 0.6 is 8.03 Å². The summed E-state index contributed by atoms with van der Waals surface area (Å²) in [6.45, 7) is 1.60. The van der Waals surface area contributed by atoms with Gasteiger partial charge in [0, 0.05) is 0 Å². The zero-order valence-corrected chi connectivity index (χ0v) is 5.32. The molecule has 0 aliphatic carbocycles. The number of hydrogen-bond donors (Lipinski definition) is 0. The van der Waals surface area contributed by atoms with E-state index >= 15 is 0 Å². The molecule has 36 valence electrons. The second-order valence-corrected chi connectivity index (χ2v) is 1.95. The molecule has 0 amide bonds. The summed E-state index contributed by atoms with van der Waals surface area (Å²) >= 11 is 0. The Kier molecular flexibility index (Phi) is 9.08. The Morgan fingerprint density at radius 1 is 1.83 bits per heavy atom. The second-order valence-electron chi connectivity index (χ2n) is 0.649. The molecule has 1 unspecified atom stereocenters. The SMILES string of the molecule is CC[P+](=O)[O-].[Fe+2]. The Bertz CT molecular complexity index is 46.8. The van der Waals surface area contributed by atoms with E-state index in [1.54, 1.807) is 6.92 Å². The van der Waals surface area contributed by atoms with Gasteiger partial charge >= 0.3 is 25.1 Å². The van der Waals surface area contributed by atoms with Crippen LogP contribution in [0.4, 0.5) is 0 Å². The summed E-state index contributed by atoms with van der Waals surface area (Å²) in [5.74, 6) is 0. The Morgan fingerprint density at radius 3 is 2.00 bits per heavy atom. The van der Waals surface area contributed by atoms with Crippen LogP contribution in [0.25, 0.3) is 0 Å². The van der Waals surface area contributed by atoms with Gasteiger partial charge in [-0.15, -0.1) is 0 Å². The predicted molar refractivity (Wildman–Crippen MR) is 18.1 cm³/mol. The van der Waals surface area contributed by atoms with E-state index in [4.69, 9.17) is 0 Å². The summed E-state index contributed by atoms with van der Waals surface area (Å²) in [6.07, 6.45) is 0.259. The van der Waals surface area contributed by atoms with Crippen molar-refractivity contribution in [1.82, 2.24) is 0 Å². The van der Waals surface area contributed by atoms with Crippen LogP contribution in [0.15, 0.2) is 0 Å². The number of rotatable bonds is 1. The van der Waals surface area contributed by atoms with Gasteiger partial charge in [0.15, 0.2) is 0 Å². The first-order valence-corrected chi connectivity index (χ1v) is 2.75. The van der Waals surface area contributed by atoms with E-state index in [9.17, 15) is 9.46 Å². The molecule has 0 bridgehead atoms. The minimum Gasteiger partial charge on any atom is -0.596 e. The van der Waals surface area contributed by atoms with Crippen LogP contribution < -0.4 is 4.89 Å². The van der Waals surface area contributed by atoms with E-state index in [2.05, 4.69) is 0 Å². The Labute approximate surface area is 48.3 Å². The fourth-order valence-electron chi connectivity index (χ4n) is 0. The van der Waals surface area contributed by atoms with Gasteiger partial charge in [0.1, 0.15) is 6.16 Å². The molecule has 2 nitrogen and oxygen atoms in total. The summed E-state index contributed by atoms with van der Waals surface area (Å²) in [7, 11) is -2.10. The van der Waals surface area contributed by atoms with Gasteiger partial charge < -0.3 is 4.89 Å². The van der Waals surface area contributed by atoms with Gasteiger partial charge in [-0.1, -0.05) is 4.57 Å².